The molecule has 2 aromatic heterocycles. The molecule has 6 heterocycles. The van der Waals surface area contributed by atoms with Crippen molar-refractivity contribution in [1.29, 1.82) is 0 Å². The first-order chi connectivity index (χ1) is 63.2. The molecular formula is C126H132B2N4S2. The van der Waals surface area contributed by atoms with Crippen molar-refractivity contribution in [2.75, 3.05) is 19.6 Å². The van der Waals surface area contributed by atoms with Gasteiger partial charge < -0.3 is 19.6 Å². The van der Waals surface area contributed by atoms with E-state index in [0.717, 1.165) is 38.5 Å². The summed E-state index contributed by atoms with van der Waals surface area (Å²) in [5, 5.41) is 7.67. The normalized spacial score (nSPS) is 16.4. The van der Waals surface area contributed by atoms with Gasteiger partial charge in [0, 0.05) is 86.4 Å². The Morgan fingerprint density at radius 3 is 1.13 bits per heavy atom. The molecule has 14 aromatic carbocycles. The van der Waals surface area contributed by atoms with Crippen LogP contribution in [0.15, 0.2) is 255 Å². The lowest BCUT2D eigenvalue weighted by atomic mass is 9.35. The van der Waals surface area contributed by atoms with Gasteiger partial charge >= 0.3 is 0 Å². The minimum Gasteiger partial charge on any atom is -0.311 e. The number of benzene rings is 14. The number of thiophene rings is 2. The summed E-state index contributed by atoms with van der Waals surface area (Å²) in [5.74, 6) is 0. The monoisotopic (exact) mass is 1790 g/mol. The van der Waals surface area contributed by atoms with Gasteiger partial charge in [0.25, 0.3) is 13.4 Å². The molecule has 2 aliphatic carbocycles. The third kappa shape index (κ3) is 14.1. The van der Waals surface area contributed by atoms with E-state index < -0.39 is 0 Å². The van der Waals surface area contributed by atoms with E-state index in [-0.39, 0.29) is 67.6 Å². The number of nitrogens with zero attached hydrogens (tertiary/aromatic N) is 4. The standard InChI is InChI=1S/C126H132B2N4S2/c1-75-62-105-111-107(64-75)131(103-73-97-95(123(19,20)58-60-125(97,23)24)71-99(103)127(111)115-113(93-68-84(119(9,10)11)46-54-109(93)133-115)129(105)87-48-40-81(41-49-87)117(3,4)5)101-53-45-86(70-91(101)80-39-38-77-32-27-28-34-79(77)66-80)122(17,18)57-56-121(15,16)82-42-50-88(51-43-82)130-106-63-76(2)65-108-112(106)128(116-114(130)94-69-85(120(12,13)14)47-55-110(94)134-116)100-72-96-98(126(25,26)61-59-124(96,21)22)74-104(100)132(108)102-52-44-83(118(6,7)8)67-92(102)90-37-31-35-78-33-29-30-36-89(78)90/h27-55,62-74H,56-61H2,1-26H3. The molecule has 0 saturated heterocycles. The molecule has 4 nitrogen and oxygen atoms in total. The second-order valence-electron chi connectivity index (χ2n) is 49.1. The molecule has 4 aliphatic heterocycles. The van der Waals surface area contributed by atoms with Gasteiger partial charge in [0.05, 0.1) is 22.7 Å². The average molecular weight is 1790 g/mol. The smallest absolute Gasteiger partial charge is 0.264 e. The van der Waals surface area contributed by atoms with E-state index in [1.54, 1.807) is 0 Å². The van der Waals surface area contributed by atoms with Crippen LogP contribution >= 0.6 is 22.7 Å². The van der Waals surface area contributed by atoms with E-state index in [2.05, 4.69) is 454 Å². The van der Waals surface area contributed by atoms with Gasteiger partial charge in [-0.15, -0.1) is 22.7 Å². The van der Waals surface area contributed by atoms with E-state index in [1.807, 2.05) is 22.7 Å². The maximum Gasteiger partial charge on any atom is 0.264 e. The molecule has 0 radical (unpaired) electrons. The summed E-state index contributed by atoms with van der Waals surface area (Å²) >= 11 is 4.04. The van der Waals surface area contributed by atoms with E-state index in [9.17, 15) is 0 Å². The largest absolute Gasteiger partial charge is 0.311 e. The van der Waals surface area contributed by atoms with E-state index in [0.29, 0.717) is 0 Å². The summed E-state index contributed by atoms with van der Waals surface area (Å²) in [6.45, 7) is 63.2. The second-order valence-corrected chi connectivity index (χ2v) is 51.2. The molecule has 134 heavy (non-hydrogen) atoms. The van der Waals surface area contributed by atoms with Crippen molar-refractivity contribution in [2.45, 2.75) is 273 Å². The van der Waals surface area contributed by atoms with Crippen LogP contribution in [0.1, 0.15) is 271 Å². The van der Waals surface area contributed by atoms with Crippen molar-refractivity contribution in [3.63, 3.8) is 0 Å². The fourth-order valence-corrected chi connectivity index (χ4v) is 26.6. The molecule has 0 N–H and O–H groups in total. The zero-order valence-corrected chi connectivity index (χ0v) is 85.9. The summed E-state index contributed by atoms with van der Waals surface area (Å²) in [6.07, 6.45) is 6.48. The number of hydrogen-bond acceptors (Lipinski definition) is 6. The van der Waals surface area contributed by atoms with Crippen molar-refractivity contribution in [1.82, 2.24) is 0 Å². The van der Waals surface area contributed by atoms with Crippen molar-refractivity contribution in [3.8, 4) is 22.3 Å². The maximum atomic E-state index is 2.76. The SMILES string of the molecule is Cc1cc2c3c(c1)N(c1ccc(C(C)(C)C)cc1)c1c(sc4ccc(C(C)(C)C)cc14)B3c1cc3c(cc1N2c1ccc(C(C)(C)CCC(C)(C)c2ccc(N4c5cc(C)cc6c5B(c5cc7c(cc5N6c5ccc(C(C)(C)C)cc5-c5cccc6ccccc56)C(C)(C)CCC7(C)C)c5sc6ccc(C(C)(C)C)cc6c54)cc2)cc1-c1ccc2ccccc2c1)C(C)(C)CCC3(C)C. The average Bonchev–Trinajstić information content (AvgIpc) is 1.66. The Bertz CT molecular complexity index is 7590. The van der Waals surface area contributed by atoms with Crippen LogP contribution in [-0.4, -0.2) is 13.4 Å². The number of rotatable bonds is 11. The van der Waals surface area contributed by atoms with Gasteiger partial charge in [-0.2, -0.15) is 0 Å². The highest BCUT2D eigenvalue weighted by Crippen LogP contribution is 2.59. The molecule has 674 valence electrons. The summed E-state index contributed by atoms with van der Waals surface area (Å²) in [4.78, 5) is 10.9. The Morgan fingerprint density at radius 1 is 0.284 bits per heavy atom. The topological polar surface area (TPSA) is 13.0 Å². The van der Waals surface area contributed by atoms with Gasteiger partial charge in [-0.05, 0) is 343 Å². The highest BCUT2D eigenvalue weighted by molar-refractivity contribution is 7.34. The molecule has 0 spiro atoms. The molecular weight excluding hydrogens is 1660 g/mol. The maximum absolute atomic E-state index is 2.76. The molecule has 0 bridgehead atoms. The lowest BCUT2D eigenvalue weighted by molar-refractivity contribution is 0.332. The van der Waals surface area contributed by atoms with Crippen LogP contribution < -0.4 is 51.0 Å². The number of anilines is 12. The zero-order valence-electron chi connectivity index (χ0n) is 84.3. The van der Waals surface area contributed by atoms with Gasteiger partial charge in [-0.1, -0.05) is 306 Å². The fraction of sp³-hybridized carbons (Fsp3) is 0.333. The predicted molar refractivity (Wildman–Crippen MR) is 588 cm³/mol. The highest BCUT2D eigenvalue weighted by Gasteiger charge is 2.52. The van der Waals surface area contributed by atoms with Crippen molar-refractivity contribution in [3.05, 3.63) is 322 Å². The lowest BCUT2D eigenvalue weighted by Crippen LogP contribution is -2.61. The summed E-state index contributed by atoms with van der Waals surface area (Å²) in [6, 6.07) is 103. The fourth-order valence-electron chi connectivity index (χ4n) is 24.0. The van der Waals surface area contributed by atoms with Gasteiger partial charge in [0.1, 0.15) is 0 Å². The van der Waals surface area contributed by atoms with Gasteiger partial charge in [0.15, 0.2) is 0 Å². The molecule has 0 unspecified atom stereocenters. The molecule has 0 amide bonds. The molecule has 0 atom stereocenters. The lowest BCUT2D eigenvalue weighted by Gasteiger charge is -2.47. The Morgan fingerprint density at radius 2 is 0.657 bits per heavy atom. The third-order valence-corrected chi connectivity index (χ3v) is 35.3. The van der Waals surface area contributed by atoms with Crippen molar-refractivity contribution < 1.29 is 0 Å². The van der Waals surface area contributed by atoms with Crippen LogP contribution in [0, 0.1) is 13.8 Å². The van der Waals surface area contributed by atoms with Crippen LogP contribution in [0.25, 0.3) is 64.0 Å². The highest BCUT2D eigenvalue weighted by atomic mass is 32.1. The quantitative estimate of drug-likeness (QED) is 0.120. The molecule has 8 heteroatoms. The molecule has 0 fully saturated rings. The molecule has 22 rings (SSSR count). The van der Waals surface area contributed by atoms with Crippen molar-refractivity contribution in [2.24, 2.45) is 0 Å². The van der Waals surface area contributed by atoms with Gasteiger partial charge in [-0.25, -0.2) is 0 Å². The van der Waals surface area contributed by atoms with Gasteiger partial charge in [0.2, 0.25) is 0 Å². The first kappa shape index (κ1) is 88.1. The van der Waals surface area contributed by atoms with Crippen molar-refractivity contribution >= 4 is 177 Å². The minimum atomic E-state index is -0.240. The predicted octanol–water partition coefficient (Wildman–Crippen LogP) is 32.5. The van der Waals surface area contributed by atoms with Crippen LogP contribution in [0.3, 0.4) is 0 Å². The molecule has 6 aliphatic rings. The van der Waals surface area contributed by atoms with E-state index in [1.165, 1.54) is 230 Å². The van der Waals surface area contributed by atoms with Crippen LogP contribution in [-0.2, 0) is 54.1 Å². The first-order valence-electron chi connectivity index (χ1n) is 49.7. The zero-order chi connectivity index (χ0) is 94.1. The Hall–Kier alpha value is -11.2. The number of fused-ring (bicyclic) bond motifs is 16. The first-order valence-corrected chi connectivity index (χ1v) is 51.3. The summed E-state index contributed by atoms with van der Waals surface area (Å²) in [5.41, 5.74) is 41.3. The second kappa shape index (κ2) is 30.2. The minimum absolute atomic E-state index is 0.00189. The van der Waals surface area contributed by atoms with Crippen LogP contribution in [0.4, 0.5) is 68.2 Å². The van der Waals surface area contributed by atoms with E-state index >= 15 is 0 Å². The third-order valence-electron chi connectivity index (χ3n) is 32.8. The van der Waals surface area contributed by atoms with Gasteiger partial charge in [-0.3, -0.25) is 0 Å². The Balaban J connectivity index is 0.679. The molecule has 0 saturated carbocycles. The van der Waals surface area contributed by atoms with E-state index in [4.69, 9.17) is 0 Å². The summed E-state index contributed by atoms with van der Waals surface area (Å²) in [7, 11) is 0. The number of aryl methyl sites for hydroxylation is 2. The Kier molecular flexibility index (Phi) is 19.8. The molecule has 16 aromatic rings. The summed E-state index contributed by atoms with van der Waals surface area (Å²) < 4.78 is 5.50. The van der Waals surface area contributed by atoms with Crippen LogP contribution in [0.2, 0.25) is 0 Å². The Labute approximate surface area is 807 Å². The number of hydrogen-bond donors (Lipinski definition) is 0. The van der Waals surface area contributed by atoms with Crippen LogP contribution in [0.5, 0.6) is 0 Å².